The van der Waals surface area contributed by atoms with Crippen molar-refractivity contribution in [2.75, 3.05) is 6.54 Å². The molecule has 0 fully saturated rings. The fourth-order valence-corrected chi connectivity index (χ4v) is 1.79. The van der Waals surface area contributed by atoms with Crippen molar-refractivity contribution in [3.05, 3.63) is 35.4 Å². The predicted molar refractivity (Wildman–Crippen MR) is 54.4 cm³/mol. The van der Waals surface area contributed by atoms with Gasteiger partial charge in [-0.25, -0.2) is 0 Å². The Morgan fingerprint density at radius 3 is 2.36 bits per heavy atom. The van der Waals surface area contributed by atoms with E-state index < -0.39 is 0 Å². The van der Waals surface area contributed by atoms with Gasteiger partial charge in [-0.1, -0.05) is 24.3 Å². The molecule has 0 atom stereocenters. The second-order valence-electron chi connectivity index (χ2n) is 3.56. The SMILES string of the molecule is NCCC(=O)N1Cc2ccccc2C1. The average Bonchev–Trinajstić information content (AvgIpc) is 2.61. The molecule has 2 rings (SSSR count). The fourth-order valence-electron chi connectivity index (χ4n) is 1.79. The van der Waals surface area contributed by atoms with Crippen LogP contribution in [0.4, 0.5) is 0 Å². The van der Waals surface area contributed by atoms with E-state index in [1.807, 2.05) is 17.0 Å². The molecule has 2 N–H and O–H groups in total. The highest BCUT2D eigenvalue weighted by Crippen LogP contribution is 2.22. The summed E-state index contributed by atoms with van der Waals surface area (Å²) in [7, 11) is 0. The van der Waals surface area contributed by atoms with E-state index in [1.54, 1.807) is 0 Å². The predicted octanol–water partition coefficient (Wildman–Crippen LogP) is 0.878. The third-order valence-electron chi connectivity index (χ3n) is 2.55. The van der Waals surface area contributed by atoms with Gasteiger partial charge in [-0.2, -0.15) is 0 Å². The number of benzene rings is 1. The zero-order chi connectivity index (χ0) is 9.97. The lowest BCUT2D eigenvalue weighted by molar-refractivity contribution is -0.131. The van der Waals surface area contributed by atoms with Gasteiger partial charge in [-0.05, 0) is 11.1 Å². The van der Waals surface area contributed by atoms with E-state index in [2.05, 4.69) is 12.1 Å². The lowest BCUT2D eigenvalue weighted by Gasteiger charge is -2.14. The number of carbonyl (C=O) groups is 1. The summed E-state index contributed by atoms with van der Waals surface area (Å²) in [6, 6.07) is 8.17. The Balaban J connectivity index is 2.08. The molecular weight excluding hydrogens is 176 g/mol. The van der Waals surface area contributed by atoms with Gasteiger partial charge in [0.15, 0.2) is 0 Å². The molecule has 0 aliphatic carbocycles. The molecule has 0 saturated carbocycles. The highest BCUT2D eigenvalue weighted by atomic mass is 16.2. The summed E-state index contributed by atoms with van der Waals surface area (Å²) in [5, 5.41) is 0. The first kappa shape index (κ1) is 9.21. The number of nitrogens with zero attached hydrogens (tertiary/aromatic N) is 1. The van der Waals surface area contributed by atoms with Gasteiger partial charge in [0.2, 0.25) is 5.91 Å². The summed E-state index contributed by atoms with van der Waals surface area (Å²) in [4.78, 5) is 13.4. The Hall–Kier alpha value is -1.35. The van der Waals surface area contributed by atoms with Gasteiger partial charge >= 0.3 is 0 Å². The largest absolute Gasteiger partial charge is 0.334 e. The summed E-state index contributed by atoms with van der Waals surface area (Å²) >= 11 is 0. The number of hydrogen-bond acceptors (Lipinski definition) is 2. The van der Waals surface area contributed by atoms with E-state index in [-0.39, 0.29) is 5.91 Å². The van der Waals surface area contributed by atoms with Gasteiger partial charge < -0.3 is 10.6 Å². The molecule has 3 nitrogen and oxygen atoms in total. The van der Waals surface area contributed by atoms with E-state index in [9.17, 15) is 4.79 Å². The Morgan fingerprint density at radius 1 is 1.29 bits per heavy atom. The van der Waals surface area contributed by atoms with Crippen molar-refractivity contribution >= 4 is 5.91 Å². The van der Waals surface area contributed by atoms with Gasteiger partial charge in [0.1, 0.15) is 0 Å². The zero-order valence-electron chi connectivity index (χ0n) is 8.07. The first-order valence-corrected chi connectivity index (χ1v) is 4.86. The minimum absolute atomic E-state index is 0.156. The molecule has 74 valence electrons. The number of rotatable bonds is 2. The molecule has 1 amide bonds. The van der Waals surface area contributed by atoms with Crippen molar-refractivity contribution in [1.29, 1.82) is 0 Å². The van der Waals surface area contributed by atoms with E-state index in [0.29, 0.717) is 13.0 Å². The Kier molecular flexibility index (Phi) is 2.50. The zero-order valence-corrected chi connectivity index (χ0v) is 8.07. The van der Waals surface area contributed by atoms with Crippen LogP contribution in [0.25, 0.3) is 0 Å². The Bertz CT molecular complexity index is 324. The van der Waals surface area contributed by atoms with Gasteiger partial charge in [-0.15, -0.1) is 0 Å². The van der Waals surface area contributed by atoms with Crippen molar-refractivity contribution < 1.29 is 4.79 Å². The third-order valence-corrected chi connectivity index (χ3v) is 2.55. The maximum atomic E-state index is 11.6. The van der Waals surface area contributed by atoms with Crippen LogP contribution in [-0.4, -0.2) is 17.4 Å². The molecule has 1 aliphatic rings. The average molecular weight is 190 g/mol. The van der Waals surface area contributed by atoms with Crippen molar-refractivity contribution in [3.63, 3.8) is 0 Å². The van der Waals surface area contributed by atoms with Gasteiger partial charge in [0.05, 0.1) is 0 Å². The van der Waals surface area contributed by atoms with Crippen LogP contribution in [0.1, 0.15) is 17.5 Å². The van der Waals surface area contributed by atoms with Crippen LogP contribution in [-0.2, 0) is 17.9 Å². The van der Waals surface area contributed by atoms with Crippen LogP contribution in [0.15, 0.2) is 24.3 Å². The van der Waals surface area contributed by atoms with Crippen LogP contribution >= 0.6 is 0 Å². The summed E-state index contributed by atoms with van der Waals surface area (Å²) in [6.07, 6.45) is 0.452. The fraction of sp³-hybridized carbons (Fsp3) is 0.364. The summed E-state index contributed by atoms with van der Waals surface area (Å²) in [5.74, 6) is 0.156. The molecule has 1 aliphatic heterocycles. The van der Waals surface area contributed by atoms with E-state index >= 15 is 0 Å². The van der Waals surface area contributed by atoms with Crippen molar-refractivity contribution in [2.24, 2.45) is 5.73 Å². The first-order chi connectivity index (χ1) is 6.81. The third kappa shape index (κ3) is 1.63. The molecule has 3 heteroatoms. The number of nitrogens with two attached hydrogens (primary N) is 1. The van der Waals surface area contributed by atoms with Gasteiger partial charge in [0.25, 0.3) is 0 Å². The normalized spacial score (nSPS) is 14.2. The number of hydrogen-bond donors (Lipinski definition) is 1. The maximum absolute atomic E-state index is 11.6. The lowest BCUT2D eigenvalue weighted by Crippen LogP contribution is -2.27. The van der Waals surface area contributed by atoms with Crippen LogP contribution in [0.5, 0.6) is 0 Å². The molecule has 0 spiro atoms. The molecule has 1 aromatic rings. The molecular formula is C11H14N2O. The second-order valence-corrected chi connectivity index (χ2v) is 3.56. The highest BCUT2D eigenvalue weighted by molar-refractivity contribution is 5.77. The molecule has 0 aromatic heterocycles. The smallest absolute Gasteiger partial charge is 0.224 e. The molecule has 1 aromatic carbocycles. The molecule has 0 radical (unpaired) electrons. The summed E-state index contributed by atoms with van der Waals surface area (Å²) in [6.45, 7) is 1.93. The van der Waals surface area contributed by atoms with Crippen LogP contribution in [0, 0.1) is 0 Å². The molecule has 0 bridgehead atoms. The molecule has 14 heavy (non-hydrogen) atoms. The van der Waals surface area contributed by atoms with Crippen LogP contribution in [0.3, 0.4) is 0 Å². The van der Waals surface area contributed by atoms with Crippen molar-refractivity contribution in [2.45, 2.75) is 19.5 Å². The monoisotopic (exact) mass is 190 g/mol. The van der Waals surface area contributed by atoms with E-state index in [4.69, 9.17) is 5.73 Å². The summed E-state index contributed by atoms with van der Waals surface area (Å²) in [5.41, 5.74) is 7.88. The highest BCUT2D eigenvalue weighted by Gasteiger charge is 2.21. The molecule has 1 heterocycles. The van der Waals surface area contributed by atoms with Crippen molar-refractivity contribution in [3.8, 4) is 0 Å². The number of fused-ring (bicyclic) bond motifs is 1. The minimum atomic E-state index is 0.156. The molecule has 0 saturated heterocycles. The van der Waals surface area contributed by atoms with E-state index in [1.165, 1.54) is 11.1 Å². The lowest BCUT2D eigenvalue weighted by atomic mass is 10.1. The first-order valence-electron chi connectivity index (χ1n) is 4.86. The Labute approximate surface area is 83.5 Å². The van der Waals surface area contributed by atoms with E-state index in [0.717, 1.165) is 13.1 Å². The van der Waals surface area contributed by atoms with Crippen LogP contribution in [0.2, 0.25) is 0 Å². The van der Waals surface area contributed by atoms with Crippen LogP contribution < -0.4 is 5.73 Å². The standard InChI is InChI=1S/C11H14N2O/c12-6-5-11(14)13-7-9-3-1-2-4-10(9)8-13/h1-4H,5-8,12H2. The maximum Gasteiger partial charge on any atom is 0.224 e. The molecule has 0 unspecified atom stereocenters. The number of amides is 1. The number of carbonyl (C=O) groups excluding carboxylic acids is 1. The quantitative estimate of drug-likeness (QED) is 0.752. The van der Waals surface area contributed by atoms with Gasteiger partial charge in [0, 0.05) is 26.1 Å². The minimum Gasteiger partial charge on any atom is -0.334 e. The van der Waals surface area contributed by atoms with Gasteiger partial charge in [-0.3, -0.25) is 4.79 Å². The summed E-state index contributed by atoms with van der Waals surface area (Å²) < 4.78 is 0. The topological polar surface area (TPSA) is 46.3 Å². The van der Waals surface area contributed by atoms with Crippen molar-refractivity contribution in [1.82, 2.24) is 4.90 Å². The Morgan fingerprint density at radius 2 is 1.86 bits per heavy atom. The second kappa shape index (κ2) is 3.80.